The van der Waals surface area contributed by atoms with Gasteiger partial charge in [0.1, 0.15) is 11.8 Å². The van der Waals surface area contributed by atoms with Crippen LogP contribution in [0.15, 0.2) is 53.1 Å². The molecular formula is C22H22ClN3O3. The van der Waals surface area contributed by atoms with Gasteiger partial charge in [-0.1, -0.05) is 47.1 Å². The van der Waals surface area contributed by atoms with Gasteiger partial charge in [-0.3, -0.25) is 4.79 Å². The van der Waals surface area contributed by atoms with Crippen LogP contribution in [0.1, 0.15) is 36.8 Å². The van der Waals surface area contributed by atoms with E-state index in [0.29, 0.717) is 36.1 Å². The van der Waals surface area contributed by atoms with E-state index < -0.39 is 0 Å². The number of ether oxygens (including phenoxy) is 1. The molecule has 150 valence electrons. The smallest absolute Gasteiger partial charge is 0.249 e. The second-order valence-corrected chi connectivity index (χ2v) is 7.46. The van der Waals surface area contributed by atoms with Gasteiger partial charge in [0.15, 0.2) is 0 Å². The van der Waals surface area contributed by atoms with Crippen LogP contribution in [0.4, 0.5) is 0 Å². The lowest BCUT2D eigenvalue weighted by Crippen LogP contribution is -2.30. The monoisotopic (exact) mass is 411 g/mol. The Bertz CT molecular complexity index is 1000. The zero-order chi connectivity index (χ0) is 20.2. The first kappa shape index (κ1) is 19.5. The maximum atomic E-state index is 12.9. The first-order valence-corrected chi connectivity index (χ1v) is 10.0. The average Bonchev–Trinajstić information content (AvgIpc) is 3.41. The highest BCUT2D eigenvalue weighted by molar-refractivity contribution is 6.30. The summed E-state index contributed by atoms with van der Waals surface area (Å²) in [5, 5.41) is 4.70. The van der Waals surface area contributed by atoms with E-state index in [9.17, 15) is 4.79 Å². The molecule has 0 saturated carbocycles. The fraction of sp³-hybridized carbons (Fsp3) is 0.318. The summed E-state index contributed by atoms with van der Waals surface area (Å²) in [6, 6.07) is 14.9. The molecule has 6 nitrogen and oxygen atoms in total. The van der Waals surface area contributed by atoms with E-state index in [1.165, 1.54) is 0 Å². The molecule has 0 aliphatic carbocycles. The Morgan fingerprint density at radius 3 is 2.97 bits per heavy atom. The minimum Gasteiger partial charge on any atom is -0.496 e. The molecule has 0 spiro atoms. The molecule has 3 aromatic rings. The molecule has 4 rings (SSSR count). The Hall–Kier alpha value is -2.86. The number of carbonyl (C=O) groups excluding carboxylic acids is 1. The van der Waals surface area contributed by atoms with E-state index in [1.54, 1.807) is 19.2 Å². The molecule has 2 aromatic carbocycles. The van der Waals surface area contributed by atoms with Gasteiger partial charge in [-0.05, 0) is 43.0 Å². The average molecular weight is 412 g/mol. The number of para-hydroxylation sites is 1. The van der Waals surface area contributed by atoms with E-state index in [4.69, 9.17) is 20.9 Å². The minimum absolute atomic E-state index is 0.0842. The molecule has 1 aromatic heterocycles. The van der Waals surface area contributed by atoms with E-state index in [-0.39, 0.29) is 11.9 Å². The van der Waals surface area contributed by atoms with Crippen molar-refractivity contribution in [2.75, 3.05) is 13.7 Å². The van der Waals surface area contributed by atoms with Gasteiger partial charge >= 0.3 is 0 Å². The van der Waals surface area contributed by atoms with Crippen LogP contribution in [-0.2, 0) is 11.2 Å². The van der Waals surface area contributed by atoms with E-state index >= 15 is 0 Å². The van der Waals surface area contributed by atoms with Crippen LogP contribution in [-0.4, -0.2) is 34.6 Å². The molecule has 0 N–H and O–H groups in total. The zero-order valence-electron chi connectivity index (χ0n) is 16.2. The van der Waals surface area contributed by atoms with Gasteiger partial charge in [-0.2, -0.15) is 4.98 Å². The number of nitrogens with zero attached hydrogens (tertiary/aromatic N) is 3. The number of halogens is 1. The highest BCUT2D eigenvalue weighted by Gasteiger charge is 2.33. The minimum atomic E-state index is -0.180. The Kier molecular flexibility index (Phi) is 5.81. The van der Waals surface area contributed by atoms with Gasteiger partial charge < -0.3 is 14.2 Å². The number of benzene rings is 2. The molecule has 1 saturated heterocycles. The third-order valence-corrected chi connectivity index (χ3v) is 5.42. The van der Waals surface area contributed by atoms with Crippen LogP contribution in [0.5, 0.6) is 5.75 Å². The SMILES string of the molecule is COc1ccccc1CCC(=O)N1CCC[C@@H]1c1nc(-c2cccc(Cl)c2)no1. The van der Waals surface area contributed by atoms with Gasteiger partial charge in [-0.25, -0.2) is 0 Å². The summed E-state index contributed by atoms with van der Waals surface area (Å²) in [7, 11) is 1.64. The number of hydrogen-bond acceptors (Lipinski definition) is 5. The molecule has 1 aliphatic rings. The number of aromatic nitrogens is 2. The summed E-state index contributed by atoms with van der Waals surface area (Å²) in [5.74, 6) is 1.85. The second-order valence-electron chi connectivity index (χ2n) is 7.02. The molecule has 0 unspecified atom stereocenters. The van der Waals surface area contributed by atoms with Crippen molar-refractivity contribution in [1.29, 1.82) is 0 Å². The van der Waals surface area contributed by atoms with Crippen LogP contribution < -0.4 is 4.74 Å². The molecule has 1 aliphatic heterocycles. The third kappa shape index (κ3) is 4.27. The van der Waals surface area contributed by atoms with Crippen LogP contribution >= 0.6 is 11.6 Å². The maximum absolute atomic E-state index is 12.9. The summed E-state index contributed by atoms with van der Waals surface area (Å²) < 4.78 is 10.9. The summed E-state index contributed by atoms with van der Waals surface area (Å²) in [5.41, 5.74) is 1.82. The van der Waals surface area contributed by atoms with Gasteiger partial charge in [0, 0.05) is 23.6 Å². The molecule has 0 radical (unpaired) electrons. The highest BCUT2D eigenvalue weighted by Crippen LogP contribution is 2.33. The third-order valence-electron chi connectivity index (χ3n) is 5.18. The zero-order valence-corrected chi connectivity index (χ0v) is 16.9. The molecule has 1 atom stereocenters. The fourth-order valence-corrected chi connectivity index (χ4v) is 3.92. The number of hydrogen-bond donors (Lipinski definition) is 0. The van der Waals surface area contributed by atoms with Crippen molar-refractivity contribution in [3.63, 3.8) is 0 Å². The quantitative estimate of drug-likeness (QED) is 0.588. The van der Waals surface area contributed by atoms with E-state index in [1.807, 2.05) is 41.3 Å². The van der Waals surface area contributed by atoms with Crippen molar-refractivity contribution in [3.05, 3.63) is 65.0 Å². The van der Waals surface area contributed by atoms with Crippen molar-refractivity contribution in [1.82, 2.24) is 15.0 Å². The van der Waals surface area contributed by atoms with E-state index in [0.717, 1.165) is 29.7 Å². The summed E-state index contributed by atoms with van der Waals surface area (Å²) in [4.78, 5) is 19.3. The summed E-state index contributed by atoms with van der Waals surface area (Å²) >= 11 is 6.05. The molecule has 2 heterocycles. The molecule has 1 amide bonds. The van der Waals surface area contributed by atoms with Crippen LogP contribution in [0.2, 0.25) is 5.02 Å². The Labute approximate surface area is 174 Å². The Balaban J connectivity index is 1.46. The Morgan fingerprint density at radius 1 is 1.28 bits per heavy atom. The van der Waals surface area contributed by atoms with Crippen molar-refractivity contribution in [3.8, 4) is 17.1 Å². The number of rotatable bonds is 6. The topological polar surface area (TPSA) is 68.5 Å². The van der Waals surface area contributed by atoms with Crippen LogP contribution in [0.3, 0.4) is 0 Å². The fourth-order valence-electron chi connectivity index (χ4n) is 3.73. The molecule has 0 bridgehead atoms. The van der Waals surface area contributed by atoms with E-state index in [2.05, 4.69) is 10.1 Å². The lowest BCUT2D eigenvalue weighted by Gasteiger charge is -2.22. The largest absolute Gasteiger partial charge is 0.496 e. The number of carbonyl (C=O) groups is 1. The predicted octanol–water partition coefficient (Wildman–Crippen LogP) is 4.69. The highest BCUT2D eigenvalue weighted by atomic mass is 35.5. The maximum Gasteiger partial charge on any atom is 0.249 e. The van der Waals surface area contributed by atoms with Gasteiger partial charge in [0.25, 0.3) is 0 Å². The lowest BCUT2D eigenvalue weighted by atomic mass is 10.1. The Morgan fingerprint density at radius 2 is 2.14 bits per heavy atom. The van der Waals surface area contributed by atoms with Crippen molar-refractivity contribution in [2.45, 2.75) is 31.7 Å². The lowest BCUT2D eigenvalue weighted by molar-refractivity contribution is -0.132. The molecule has 29 heavy (non-hydrogen) atoms. The van der Waals surface area contributed by atoms with Gasteiger partial charge in [0.05, 0.1) is 7.11 Å². The second kappa shape index (κ2) is 8.66. The van der Waals surface area contributed by atoms with Crippen molar-refractivity contribution < 1.29 is 14.1 Å². The van der Waals surface area contributed by atoms with Crippen LogP contribution in [0.25, 0.3) is 11.4 Å². The first-order valence-electron chi connectivity index (χ1n) is 9.66. The number of amides is 1. The van der Waals surface area contributed by atoms with Crippen molar-refractivity contribution >= 4 is 17.5 Å². The number of likely N-dealkylation sites (tertiary alicyclic amines) is 1. The van der Waals surface area contributed by atoms with Gasteiger partial charge in [0.2, 0.25) is 17.6 Å². The molecular weight excluding hydrogens is 390 g/mol. The standard InChI is InChI=1S/C22H22ClN3O3/c1-28-19-10-3-2-6-15(19)11-12-20(27)26-13-5-9-18(26)22-24-21(25-29-22)16-7-4-8-17(23)14-16/h2-4,6-8,10,14,18H,5,9,11-13H2,1H3/t18-/m1/s1. The summed E-state index contributed by atoms with van der Waals surface area (Å²) in [6.45, 7) is 0.699. The summed E-state index contributed by atoms with van der Waals surface area (Å²) in [6.07, 6.45) is 2.77. The van der Waals surface area contributed by atoms with Crippen LogP contribution in [0, 0.1) is 0 Å². The predicted molar refractivity (Wildman–Crippen MR) is 110 cm³/mol. The number of aryl methyl sites for hydroxylation is 1. The van der Waals surface area contributed by atoms with Crippen molar-refractivity contribution in [2.24, 2.45) is 0 Å². The first-order chi connectivity index (χ1) is 14.2. The molecule has 7 heteroatoms. The normalized spacial score (nSPS) is 16.2. The molecule has 1 fully saturated rings. The van der Waals surface area contributed by atoms with Gasteiger partial charge in [-0.15, -0.1) is 0 Å². The number of methoxy groups -OCH3 is 1.